The Bertz CT molecular complexity index is 623. The van der Waals surface area contributed by atoms with Gasteiger partial charge in [0.1, 0.15) is 16.3 Å². The average molecular weight is 289 g/mol. The number of alkyl halides is 3. The first-order valence-corrected chi connectivity index (χ1v) is 6.06. The summed E-state index contributed by atoms with van der Waals surface area (Å²) in [5.41, 5.74) is 5.96. The molecule has 0 saturated heterocycles. The number of anilines is 1. The molecule has 2 aromatic rings. The third-order valence-electron chi connectivity index (χ3n) is 2.46. The normalized spacial score (nSPS) is 11.8. The van der Waals surface area contributed by atoms with Crippen molar-refractivity contribution in [1.29, 1.82) is 0 Å². The van der Waals surface area contributed by atoms with Crippen LogP contribution in [0.25, 0.3) is 10.2 Å². The molecule has 2 aromatic heterocycles. The summed E-state index contributed by atoms with van der Waals surface area (Å²) in [5, 5.41) is 0.580. The zero-order chi connectivity index (χ0) is 14.2. The molecule has 0 aliphatic heterocycles. The topological polar surface area (TPSA) is 59.2 Å². The molecule has 0 radical (unpaired) electrons. The van der Waals surface area contributed by atoms with E-state index >= 15 is 0 Å². The number of aromatic nitrogens is 1. The van der Waals surface area contributed by atoms with Gasteiger partial charge in [0.15, 0.2) is 0 Å². The number of rotatable bonds is 2. The van der Waals surface area contributed by atoms with Crippen molar-refractivity contribution in [3.05, 3.63) is 23.2 Å². The highest BCUT2D eigenvalue weighted by Crippen LogP contribution is 2.33. The molecule has 0 bridgehead atoms. The van der Waals surface area contributed by atoms with E-state index in [1.165, 1.54) is 6.20 Å². The lowest BCUT2D eigenvalue weighted by Crippen LogP contribution is -2.35. The Morgan fingerprint density at radius 1 is 1.53 bits per heavy atom. The van der Waals surface area contributed by atoms with Gasteiger partial charge in [-0.05, 0) is 12.1 Å². The number of carbonyl (C=O) groups excluding carboxylic acids is 1. The van der Waals surface area contributed by atoms with E-state index in [-0.39, 0.29) is 10.6 Å². The second kappa shape index (κ2) is 4.69. The number of hydrogen-bond donors (Lipinski definition) is 1. The van der Waals surface area contributed by atoms with E-state index < -0.39 is 18.6 Å². The zero-order valence-corrected chi connectivity index (χ0v) is 10.7. The van der Waals surface area contributed by atoms with Gasteiger partial charge in [0.05, 0.1) is 5.69 Å². The van der Waals surface area contributed by atoms with Crippen LogP contribution in [-0.2, 0) is 0 Å². The molecular weight excluding hydrogens is 279 g/mol. The van der Waals surface area contributed by atoms with Crippen molar-refractivity contribution < 1.29 is 18.0 Å². The molecule has 0 aliphatic carbocycles. The van der Waals surface area contributed by atoms with Crippen LogP contribution < -0.4 is 5.73 Å². The summed E-state index contributed by atoms with van der Waals surface area (Å²) in [4.78, 5) is 17.2. The summed E-state index contributed by atoms with van der Waals surface area (Å²) in [6.07, 6.45) is -2.90. The lowest BCUT2D eigenvalue weighted by Gasteiger charge is -2.18. The Kier molecular flexibility index (Phi) is 3.36. The van der Waals surface area contributed by atoms with E-state index in [0.29, 0.717) is 15.1 Å². The maximum Gasteiger partial charge on any atom is 0.406 e. The molecule has 0 aromatic carbocycles. The predicted molar refractivity (Wildman–Crippen MR) is 67.0 cm³/mol. The van der Waals surface area contributed by atoms with Crippen LogP contribution in [0.4, 0.5) is 18.9 Å². The fourth-order valence-electron chi connectivity index (χ4n) is 1.62. The number of thiophene rings is 1. The molecule has 8 heteroatoms. The lowest BCUT2D eigenvalue weighted by atomic mass is 10.2. The summed E-state index contributed by atoms with van der Waals surface area (Å²) >= 11 is 0.992. The van der Waals surface area contributed by atoms with Gasteiger partial charge in [-0.15, -0.1) is 11.3 Å². The van der Waals surface area contributed by atoms with Gasteiger partial charge < -0.3 is 10.6 Å². The van der Waals surface area contributed by atoms with Gasteiger partial charge >= 0.3 is 6.18 Å². The Hall–Kier alpha value is -1.83. The van der Waals surface area contributed by atoms with Crippen LogP contribution in [0.3, 0.4) is 0 Å². The number of pyridine rings is 1. The van der Waals surface area contributed by atoms with Crippen LogP contribution in [0.15, 0.2) is 18.3 Å². The van der Waals surface area contributed by atoms with E-state index in [1.807, 2.05) is 0 Å². The number of nitrogen functional groups attached to an aromatic ring is 1. The van der Waals surface area contributed by atoms with Crippen molar-refractivity contribution in [2.45, 2.75) is 6.18 Å². The van der Waals surface area contributed by atoms with E-state index in [2.05, 4.69) is 4.98 Å². The van der Waals surface area contributed by atoms with E-state index in [9.17, 15) is 18.0 Å². The molecule has 0 aliphatic rings. The number of amides is 1. The number of nitrogens with zero attached hydrogens (tertiary/aromatic N) is 2. The minimum Gasteiger partial charge on any atom is -0.397 e. The van der Waals surface area contributed by atoms with E-state index in [0.717, 1.165) is 18.4 Å². The van der Waals surface area contributed by atoms with Crippen molar-refractivity contribution in [3.8, 4) is 0 Å². The first kappa shape index (κ1) is 13.6. The molecule has 0 atom stereocenters. The third kappa shape index (κ3) is 2.78. The zero-order valence-electron chi connectivity index (χ0n) is 9.86. The molecule has 2 heterocycles. The highest BCUT2D eigenvalue weighted by molar-refractivity contribution is 7.21. The summed E-state index contributed by atoms with van der Waals surface area (Å²) in [6.45, 7) is -1.31. The van der Waals surface area contributed by atoms with Gasteiger partial charge in [0, 0.05) is 18.6 Å². The summed E-state index contributed by atoms with van der Waals surface area (Å²) in [5.74, 6) is -0.752. The Balaban J connectivity index is 2.34. The fraction of sp³-hybridized carbons (Fsp3) is 0.273. The lowest BCUT2D eigenvalue weighted by molar-refractivity contribution is -0.138. The fourth-order valence-corrected chi connectivity index (χ4v) is 2.68. The van der Waals surface area contributed by atoms with Gasteiger partial charge in [0.25, 0.3) is 5.91 Å². The molecule has 1 amide bonds. The molecule has 0 spiro atoms. The highest BCUT2D eigenvalue weighted by atomic mass is 32.1. The number of hydrogen-bond acceptors (Lipinski definition) is 4. The predicted octanol–water partition coefficient (Wildman–Crippen LogP) is 2.51. The van der Waals surface area contributed by atoms with E-state index in [1.54, 1.807) is 12.1 Å². The molecule has 2 N–H and O–H groups in total. The minimum absolute atomic E-state index is 0.0838. The SMILES string of the molecule is CN(CC(F)(F)F)C(=O)c1sc2ncccc2c1N. The number of carbonyl (C=O) groups is 1. The van der Waals surface area contributed by atoms with Crippen molar-refractivity contribution >= 4 is 33.1 Å². The Morgan fingerprint density at radius 2 is 2.21 bits per heavy atom. The number of halogens is 3. The molecule has 102 valence electrons. The molecule has 19 heavy (non-hydrogen) atoms. The first-order valence-electron chi connectivity index (χ1n) is 5.25. The van der Waals surface area contributed by atoms with Crippen LogP contribution in [0, 0.1) is 0 Å². The average Bonchev–Trinajstić information content (AvgIpc) is 2.64. The van der Waals surface area contributed by atoms with Crippen LogP contribution in [-0.4, -0.2) is 35.6 Å². The van der Waals surface area contributed by atoms with Gasteiger partial charge in [-0.2, -0.15) is 13.2 Å². The first-order chi connectivity index (χ1) is 8.79. The highest BCUT2D eigenvalue weighted by Gasteiger charge is 2.32. The minimum atomic E-state index is -4.44. The van der Waals surface area contributed by atoms with Crippen LogP contribution in [0.1, 0.15) is 9.67 Å². The van der Waals surface area contributed by atoms with Crippen molar-refractivity contribution in [3.63, 3.8) is 0 Å². The number of fused-ring (bicyclic) bond motifs is 1. The Morgan fingerprint density at radius 3 is 2.79 bits per heavy atom. The van der Waals surface area contributed by atoms with Crippen molar-refractivity contribution in [2.75, 3.05) is 19.3 Å². The monoisotopic (exact) mass is 289 g/mol. The Labute approximate surface area is 110 Å². The van der Waals surface area contributed by atoms with Crippen molar-refractivity contribution in [1.82, 2.24) is 9.88 Å². The summed E-state index contributed by atoms with van der Waals surface area (Å²) in [6, 6.07) is 3.33. The van der Waals surface area contributed by atoms with Gasteiger partial charge in [-0.1, -0.05) is 0 Å². The van der Waals surface area contributed by atoms with Crippen LogP contribution in [0.5, 0.6) is 0 Å². The molecule has 4 nitrogen and oxygen atoms in total. The molecule has 0 unspecified atom stereocenters. The second-order valence-electron chi connectivity index (χ2n) is 3.98. The maximum absolute atomic E-state index is 12.3. The van der Waals surface area contributed by atoms with Crippen LogP contribution >= 0.6 is 11.3 Å². The smallest absolute Gasteiger partial charge is 0.397 e. The van der Waals surface area contributed by atoms with E-state index in [4.69, 9.17) is 5.73 Å². The van der Waals surface area contributed by atoms with Gasteiger partial charge in [0.2, 0.25) is 0 Å². The largest absolute Gasteiger partial charge is 0.406 e. The standard InChI is InChI=1S/C11H10F3N3OS/c1-17(5-11(12,13)14)10(18)8-7(15)6-3-2-4-16-9(6)19-8/h2-4H,5,15H2,1H3. The maximum atomic E-state index is 12.3. The molecule has 2 rings (SSSR count). The van der Waals surface area contributed by atoms with Gasteiger partial charge in [-0.3, -0.25) is 4.79 Å². The van der Waals surface area contributed by atoms with Gasteiger partial charge in [-0.25, -0.2) is 4.98 Å². The van der Waals surface area contributed by atoms with Crippen molar-refractivity contribution in [2.24, 2.45) is 0 Å². The molecular formula is C11H10F3N3OS. The molecule has 0 fully saturated rings. The second-order valence-corrected chi connectivity index (χ2v) is 4.98. The quantitative estimate of drug-likeness (QED) is 0.924. The molecule has 0 saturated carbocycles. The third-order valence-corrected chi connectivity index (χ3v) is 3.58. The number of nitrogens with two attached hydrogens (primary N) is 1. The van der Waals surface area contributed by atoms with Crippen LogP contribution in [0.2, 0.25) is 0 Å². The summed E-state index contributed by atoms with van der Waals surface area (Å²) < 4.78 is 36.8. The summed E-state index contributed by atoms with van der Waals surface area (Å²) in [7, 11) is 1.09.